The summed E-state index contributed by atoms with van der Waals surface area (Å²) in [6.07, 6.45) is 6.80. The third kappa shape index (κ3) is 2.07. The van der Waals surface area contributed by atoms with Crippen LogP contribution in [-0.4, -0.2) is 22.5 Å². The lowest BCUT2D eigenvalue weighted by molar-refractivity contribution is 0.327. The highest BCUT2D eigenvalue weighted by atomic mass is 15.0. The summed E-state index contributed by atoms with van der Waals surface area (Å²) in [4.78, 5) is 4.73. The van der Waals surface area contributed by atoms with Gasteiger partial charge in [-0.25, -0.2) is 4.98 Å². The predicted octanol–water partition coefficient (Wildman–Crippen LogP) is 2.44. The molecule has 0 amide bonds. The highest BCUT2D eigenvalue weighted by Gasteiger charge is 2.22. The molecule has 1 aliphatic rings. The molecule has 90 valence electrons. The Balaban J connectivity index is 1.86. The second-order valence-electron chi connectivity index (χ2n) is 5.01. The molecule has 0 aliphatic carbocycles. The van der Waals surface area contributed by atoms with E-state index in [4.69, 9.17) is 4.98 Å². The normalized spacial score (nSPS) is 19.6. The predicted molar refractivity (Wildman–Crippen MR) is 69.2 cm³/mol. The van der Waals surface area contributed by atoms with Crippen molar-refractivity contribution in [1.82, 2.24) is 14.7 Å². The lowest BCUT2D eigenvalue weighted by Gasteiger charge is -2.27. The van der Waals surface area contributed by atoms with E-state index in [0.717, 1.165) is 24.7 Å². The van der Waals surface area contributed by atoms with Gasteiger partial charge in [-0.2, -0.15) is 0 Å². The average Bonchev–Trinajstić information content (AvgIpc) is 2.82. The third-order valence-corrected chi connectivity index (χ3v) is 3.94. The van der Waals surface area contributed by atoms with Crippen LogP contribution in [0.25, 0.3) is 5.65 Å². The maximum atomic E-state index is 4.73. The highest BCUT2D eigenvalue weighted by molar-refractivity contribution is 5.40. The van der Waals surface area contributed by atoms with E-state index in [0.29, 0.717) is 5.92 Å². The molecule has 0 bridgehead atoms. The van der Waals surface area contributed by atoms with Gasteiger partial charge >= 0.3 is 0 Å². The van der Waals surface area contributed by atoms with Gasteiger partial charge in [-0.1, -0.05) is 13.0 Å². The quantitative estimate of drug-likeness (QED) is 0.857. The van der Waals surface area contributed by atoms with E-state index >= 15 is 0 Å². The van der Waals surface area contributed by atoms with Gasteiger partial charge in [-0.05, 0) is 44.0 Å². The standard InChI is InChI=1S/C14H19N3/c1-11(12-5-7-15-8-6-12)13-10-17-9-3-2-4-14(17)16-13/h2-4,9-12,15H,5-8H2,1H3. The number of aromatic nitrogens is 2. The van der Waals surface area contributed by atoms with Gasteiger partial charge in [0.1, 0.15) is 5.65 Å². The minimum atomic E-state index is 0.567. The van der Waals surface area contributed by atoms with Gasteiger partial charge in [0.05, 0.1) is 5.69 Å². The van der Waals surface area contributed by atoms with E-state index in [1.807, 2.05) is 12.1 Å². The van der Waals surface area contributed by atoms with Crippen LogP contribution in [0.4, 0.5) is 0 Å². The Morgan fingerprint density at radius 1 is 1.35 bits per heavy atom. The first-order valence-corrected chi connectivity index (χ1v) is 6.49. The van der Waals surface area contributed by atoms with E-state index in [1.54, 1.807) is 0 Å². The van der Waals surface area contributed by atoms with Crippen LogP contribution in [0.3, 0.4) is 0 Å². The number of nitrogens with zero attached hydrogens (tertiary/aromatic N) is 2. The summed E-state index contributed by atoms with van der Waals surface area (Å²) in [6.45, 7) is 4.63. The van der Waals surface area contributed by atoms with Crippen molar-refractivity contribution in [2.75, 3.05) is 13.1 Å². The van der Waals surface area contributed by atoms with Crippen molar-refractivity contribution in [3.63, 3.8) is 0 Å². The molecule has 1 fully saturated rings. The van der Waals surface area contributed by atoms with Crippen molar-refractivity contribution in [1.29, 1.82) is 0 Å². The molecule has 3 nitrogen and oxygen atoms in total. The minimum absolute atomic E-state index is 0.567. The molecule has 3 rings (SSSR count). The summed E-state index contributed by atoms with van der Waals surface area (Å²) in [5.41, 5.74) is 2.30. The van der Waals surface area contributed by atoms with Crippen molar-refractivity contribution < 1.29 is 0 Å². The van der Waals surface area contributed by atoms with Gasteiger partial charge in [-0.15, -0.1) is 0 Å². The Bertz CT molecular complexity index is 464. The average molecular weight is 229 g/mol. The number of piperidine rings is 1. The molecule has 0 spiro atoms. The summed E-state index contributed by atoms with van der Waals surface area (Å²) in [6, 6.07) is 6.16. The molecule has 17 heavy (non-hydrogen) atoms. The summed E-state index contributed by atoms with van der Waals surface area (Å²) in [7, 11) is 0. The third-order valence-electron chi connectivity index (χ3n) is 3.94. The van der Waals surface area contributed by atoms with E-state index in [-0.39, 0.29) is 0 Å². The first-order valence-electron chi connectivity index (χ1n) is 6.49. The Morgan fingerprint density at radius 3 is 2.94 bits per heavy atom. The molecular weight excluding hydrogens is 210 g/mol. The van der Waals surface area contributed by atoms with Gasteiger partial charge in [0.2, 0.25) is 0 Å². The fourth-order valence-corrected chi connectivity index (χ4v) is 2.76. The molecule has 0 radical (unpaired) electrons. The SMILES string of the molecule is CC(c1cn2ccccc2n1)C1CCNCC1. The summed E-state index contributed by atoms with van der Waals surface area (Å²) < 4.78 is 2.12. The van der Waals surface area contributed by atoms with Crippen LogP contribution in [0.2, 0.25) is 0 Å². The topological polar surface area (TPSA) is 29.3 Å². The Labute approximate surface area is 102 Å². The summed E-state index contributed by atoms with van der Waals surface area (Å²) in [5, 5.41) is 3.42. The van der Waals surface area contributed by atoms with Gasteiger partial charge < -0.3 is 9.72 Å². The zero-order valence-electron chi connectivity index (χ0n) is 10.3. The zero-order chi connectivity index (χ0) is 11.7. The number of nitrogens with one attached hydrogen (secondary N) is 1. The van der Waals surface area contributed by atoms with Crippen molar-refractivity contribution in [3.8, 4) is 0 Å². The molecule has 2 aromatic heterocycles. The Morgan fingerprint density at radius 2 is 2.18 bits per heavy atom. The second kappa shape index (κ2) is 4.49. The lowest BCUT2D eigenvalue weighted by atomic mass is 9.84. The van der Waals surface area contributed by atoms with Crippen LogP contribution in [0.1, 0.15) is 31.4 Å². The molecule has 1 atom stereocenters. The first kappa shape index (κ1) is 10.8. The molecule has 0 aromatic carbocycles. The number of imidazole rings is 1. The van der Waals surface area contributed by atoms with Gasteiger partial charge in [0.25, 0.3) is 0 Å². The van der Waals surface area contributed by atoms with Crippen LogP contribution in [0.5, 0.6) is 0 Å². The fraction of sp³-hybridized carbons (Fsp3) is 0.500. The molecule has 0 saturated carbocycles. The van der Waals surface area contributed by atoms with Gasteiger partial charge in [0.15, 0.2) is 0 Å². The first-order chi connectivity index (χ1) is 8.34. The Kier molecular flexibility index (Phi) is 2.85. The second-order valence-corrected chi connectivity index (χ2v) is 5.01. The van der Waals surface area contributed by atoms with Crippen LogP contribution >= 0.6 is 0 Å². The molecule has 3 heteroatoms. The number of fused-ring (bicyclic) bond motifs is 1. The molecule has 3 heterocycles. The monoisotopic (exact) mass is 229 g/mol. The van der Waals surface area contributed by atoms with Crippen LogP contribution in [0, 0.1) is 5.92 Å². The largest absolute Gasteiger partial charge is 0.317 e. The fourth-order valence-electron chi connectivity index (χ4n) is 2.76. The lowest BCUT2D eigenvalue weighted by Crippen LogP contribution is -2.30. The number of rotatable bonds is 2. The van der Waals surface area contributed by atoms with Crippen molar-refractivity contribution in [2.24, 2.45) is 5.92 Å². The van der Waals surface area contributed by atoms with Gasteiger partial charge in [0, 0.05) is 18.3 Å². The van der Waals surface area contributed by atoms with Crippen LogP contribution in [-0.2, 0) is 0 Å². The maximum absolute atomic E-state index is 4.73. The number of pyridine rings is 1. The number of hydrogen-bond donors (Lipinski definition) is 1. The summed E-state index contributed by atoms with van der Waals surface area (Å²) in [5.74, 6) is 1.35. The molecule has 1 N–H and O–H groups in total. The van der Waals surface area contributed by atoms with Gasteiger partial charge in [-0.3, -0.25) is 0 Å². The smallest absolute Gasteiger partial charge is 0.136 e. The van der Waals surface area contributed by atoms with E-state index in [2.05, 4.69) is 35.1 Å². The van der Waals surface area contributed by atoms with Crippen molar-refractivity contribution in [2.45, 2.75) is 25.7 Å². The molecular formula is C14H19N3. The van der Waals surface area contributed by atoms with E-state index in [9.17, 15) is 0 Å². The summed E-state index contributed by atoms with van der Waals surface area (Å²) >= 11 is 0. The molecule has 1 saturated heterocycles. The molecule has 2 aromatic rings. The molecule has 1 unspecified atom stereocenters. The highest BCUT2D eigenvalue weighted by Crippen LogP contribution is 2.29. The minimum Gasteiger partial charge on any atom is -0.317 e. The zero-order valence-corrected chi connectivity index (χ0v) is 10.3. The Hall–Kier alpha value is -1.35. The van der Waals surface area contributed by atoms with Crippen LogP contribution < -0.4 is 5.32 Å². The maximum Gasteiger partial charge on any atom is 0.136 e. The molecule has 1 aliphatic heterocycles. The van der Waals surface area contributed by atoms with Crippen molar-refractivity contribution in [3.05, 3.63) is 36.3 Å². The van der Waals surface area contributed by atoms with Crippen molar-refractivity contribution >= 4 is 5.65 Å². The number of hydrogen-bond acceptors (Lipinski definition) is 2. The van der Waals surface area contributed by atoms with E-state index < -0.39 is 0 Å². The van der Waals surface area contributed by atoms with E-state index in [1.165, 1.54) is 18.5 Å². The van der Waals surface area contributed by atoms with Crippen LogP contribution in [0.15, 0.2) is 30.6 Å².